The Balaban J connectivity index is 1.09. The first-order valence-corrected chi connectivity index (χ1v) is 18.3. The second-order valence-electron chi connectivity index (χ2n) is 14.9. The minimum atomic E-state index is -4.11. The summed E-state index contributed by atoms with van der Waals surface area (Å²) >= 11 is 0. The van der Waals surface area contributed by atoms with Crippen LogP contribution in [0.4, 0.5) is 4.79 Å². The van der Waals surface area contributed by atoms with Crippen molar-refractivity contribution in [1.29, 1.82) is 0 Å². The van der Waals surface area contributed by atoms with E-state index >= 15 is 0 Å². The molecule has 0 spiro atoms. The van der Waals surface area contributed by atoms with Gasteiger partial charge in [0.25, 0.3) is 10.0 Å². The predicted octanol–water partition coefficient (Wildman–Crippen LogP) is 5.82. The van der Waals surface area contributed by atoms with Gasteiger partial charge in [0.1, 0.15) is 0 Å². The van der Waals surface area contributed by atoms with Crippen LogP contribution in [0.15, 0.2) is 47.6 Å². The molecule has 2 aromatic rings. The number of benzene rings is 1. The number of rotatable bonds is 7. The van der Waals surface area contributed by atoms with Crippen molar-refractivity contribution < 1.29 is 28.2 Å². The maximum atomic E-state index is 12.9. The van der Waals surface area contributed by atoms with E-state index in [0.717, 1.165) is 51.4 Å². The molecule has 1 aromatic carbocycles. The van der Waals surface area contributed by atoms with E-state index in [1.54, 1.807) is 30.6 Å². The maximum Gasteiger partial charge on any atom is 0.421 e. The van der Waals surface area contributed by atoms with Crippen molar-refractivity contribution in [2.24, 2.45) is 52.3 Å². The zero-order valence-corrected chi connectivity index (χ0v) is 27.7. The molecule has 1 heterocycles. The molecule has 1 amide bonds. The fraction of sp³-hybridized carbons (Fsp3) is 0.686. The molecule has 3 N–H and O–H groups in total. The van der Waals surface area contributed by atoms with Crippen LogP contribution in [0.1, 0.15) is 79.1 Å². The molecule has 0 bridgehead atoms. The molecule has 0 aliphatic heterocycles. The van der Waals surface area contributed by atoms with E-state index in [0.29, 0.717) is 35.1 Å². The maximum absolute atomic E-state index is 12.9. The first-order chi connectivity index (χ1) is 21.4. The number of nitrogens with zero attached hydrogens (tertiary/aromatic N) is 2. The molecule has 4 saturated carbocycles. The van der Waals surface area contributed by atoms with Gasteiger partial charge in [0.15, 0.2) is 5.82 Å². The van der Waals surface area contributed by atoms with Crippen LogP contribution < -0.4 is 4.72 Å². The van der Waals surface area contributed by atoms with Crippen LogP contribution in [0.25, 0.3) is 11.4 Å². The van der Waals surface area contributed by atoms with Crippen molar-refractivity contribution in [3.05, 3.63) is 42.7 Å². The number of aromatic nitrogens is 2. The monoisotopic (exact) mass is 639 g/mol. The Morgan fingerprint density at radius 2 is 1.67 bits per heavy atom. The van der Waals surface area contributed by atoms with Crippen molar-refractivity contribution in [3.8, 4) is 11.4 Å². The van der Waals surface area contributed by atoms with Gasteiger partial charge < -0.3 is 14.9 Å². The normalized spacial score (nSPS) is 38.4. The molecule has 0 saturated heterocycles. The number of hydrogen-bond donors (Lipinski definition) is 3. The van der Waals surface area contributed by atoms with E-state index in [4.69, 9.17) is 4.74 Å². The molecule has 11 atom stereocenters. The van der Waals surface area contributed by atoms with E-state index in [-0.39, 0.29) is 52.3 Å². The average Bonchev–Trinajstić information content (AvgIpc) is 3.38. The SMILES string of the molecule is CC[C@@H]1C2C[C@H](O)CC[C@]2(C)C2CCC3(C)C(CCC3[C@H](C)COC(=O)NS(=O)(=O)c3ccc(-c4ncccn4)cc3)C2[C@@H]1O. The van der Waals surface area contributed by atoms with E-state index in [9.17, 15) is 23.4 Å². The second-order valence-corrected chi connectivity index (χ2v) is 16.6. The van der Waals surface area contributed by atoms with Crippen LogP contribution in [-0.2, 0) is 14.8 Å². The summed E-state index contributed by atoms with van der Waals surface area (Å²) in [7, 11) is -4.11. The lowest BCUT2D eigenvalue weighted by Gasteiger charge is -2.64. The molecule has 4 fully saturated rings. The number of carbonyl (C=O) groups excluding carboxylic acids is 1. The zero-order chi connectivity index (χ0) is 32.1. The van der Waals surface area contributed by atoms with Gasteiger partial charge in [-0.2, -0.15) is 0 Å². The molecular weight excluding hydrogens is 590 g/mol. The highest BCUT2D eigenvalue weighted by molar-refractivity contribution is 7.90. The molecule has 9 nitrogen and oxygen atoms in total. The molecular formula is C35H49N3O6S. The van der Waals surface area contributed by atoms with Crippen molar-refractivity contribution in [2.75, 3.05) is 6.61 Å². The van der Waals surface area contributed by atoms with E-state index in [2.05, 4.69) is 42.4 Å². The molecule has 6 unspecified atom stereocenters. The van der Waals surface area contributed by atoms with Gasteiger partial charge in [0, 0.05) is 18.0 Å². The Morgan fingerprint density at radius 3 is 2.36 bits per heavy atom. The molecule has 4 aliphatic carbocycles. The third kappa shape index (κ3) is 5.69. The number of hydrogen-bond acceptors (Lipinski definition) is 8. The summed E-state index contributed by atoms with van der Waals surface area (Å²) in [6.45, 7) is 9.24. The van der Waals surface area contributed by atoms with Gasteiger partial charge in [0.2, 0.25) is 0 Å². The first kappa shape index (κ1) is 32.4. The molecule has 4 aliphatic rings. The Bertz CT molecular complexity index is 1470. The third-order valence-corrected chi connectivity index (χ3v) is 14.2. The van der Waals surface area contributed by atoms with Crippen LogP contribution in [0.2, 0.25) is 0 Å². The fourth-order valence-corrected chi connectivity index (χ4v) is 11.6. The molecule has 0 radical (unpaired) electrons. The Labute approximate surface area is 267 Å². The van der Waals surface area contributed by atoms with Crippen molar-refractivity contribution in [2.45, 2.75) is 96.2 Å². The van der Waals surface area contributed by atoms with Crippen molar-refractivity contribution in [3.63, 3.8) is 0 Å². The average molecular weight is 640 g/mol. The number of aliphatic hydroxyl groups excluding tert-OH is 2. The summed E-state index contributed by atoms with van der Waals surface area (Å²) in [6.07, 6.45) is 9.46. The van der Waals surface area contributed by atoms with Gasteiger partial charge in [-0.25, -0.2) is 27.9 Å². The van der Waals surface area contributed by atoms with Crippen molar-refractivity contribution >= 4 is 16.1 Å². The summed E-state index contributed by atoms with van der Waals surface area (Å²) in [6, 6.07) is 7.75. The summed E-state index contributed by atoms with van der Waals surface area (Å²) in [4.78, 5) is 21.0. The minimum absolute atomic E-state index is 0.0212. The Kier molecular flexibility index (Phi) is 8.80. The lowest BCUT2D eigenvalue weighted by atomic mass is 9.41. The van der Waals surface area contributed by atoms with Gasteiger partial charge >= 0.3 is 6.09 Å². The highest BCUT2D eigenvalue weighted by Crippen LogP contribution is 2.69. The number of fused-ring (bicyclic) bond motifs is 5. The van der Waals surface area contributed by atoms with Gasteiger partial charge in [0.05, 0.1) is 23.7 Å². The number of ether oxygens (including phenoxy) is 1. The smallest absolute Gasteiger partial charge is 0.421 e. The number of amides is 1. The Morgan fingerprint density at radius 1 is 1.00 bits per heavy atom. The van der Waals surface area contributed by atoms with Gasteiger partial charge in [-0.05, 0) is 128 Å². The largest absolute Gasteiger partial charge is 0.449 e. The molecule has 6 rings (SSSR count). The number of carbonyl (C=O) groups is 1. The van der Waals surface area contributed by atoms with Crippen LogP contribution >= 0.6 is 0 Å². The van der Waals surface area contributed by atoms with Gasteiger partial charge in [-0.1, -0.05) is 34.1 Å². The number of sulfonamides is 1. The summed E-state index contributed by atoms with van der Waals surface area (Å²) < 4.78 is 33.4. The van der Waals surface area contributed by atoms with E-state index < -0.39 is 16.1 Å². The number of aliphatic hydroxyl groups is 2. The summed E-state index contributed by atoms with van der Waals surface area (Å²) in [5.41, 5.74) is 0.839. The standard InChI is InChI=1S/C35H49N3O6S/c1-5-25-29-19-23(39)13-15-35(29,4)28-14-16-34(3)26(11-12-27(34)30(28)31(25)40)21(2)20-44-33(41)38-45(42,43)24-9-7-22(8-10-24)32-36-17-6-18-37-32/h6-10,17-18,21,23,25-31,39-40H,5,11-16,19-20H2,1-4H3,(H,38,41)/t21-,23-,25-,26?,27?,28?,29?,30?,31-,34?,35-/m1/s1. The number of nitrogens with one attached hydrogen (secondary N) is 1. The molecule has 10 heteroatoms. The van der Waals surface area contributed by atoms with Crippen LogP contribution in [0, 0.1) is 52.3 Å². The second kappa shape index (κ2) is 12.2. The van der Waals surface area contributed by atoms with Gasteiger partial charge in [-0.15, -0.1) is 0 Å². The topological polar surface area (TPSA) is 139 Å². The van der Waals surface area contributed by atoms with Crippen LogP contribution in [-0.4, -0.2) is 53.5 Å². The highest BCUT2D eigenvalue weighted by Gasteiger charge is 2.64. The lowest BCUT2D eigenvalue weighted by Crippen LogP contribution is -2.62. The van der Waals surface area contributed by atoms with E-state index in [1.807, 2.05) is 0 Å². The summed E-state index contributed by atoms with van der Waals surface area (Å²) in [5, 5.41) is 22.5. The van der Waals surface area contributed by atoms with E-state index in [1.165, 1.54) is 12.1 Å². The highest BCUT2D eigenvalue weighted by atomic mass is 32.2. The minimum Gasteiger partial charge on any atom is -0.449 e. The molecule has 45 heavy (non-hydrogen) atoms. The summed E-state index contributed by atoms with van der Waals surface area (Å²) in [5.74, 6) is 2.52. The quantitative estimate of drug-likeness (QED) is 0.345. The van der Waals surface area contributed by atoms with Crippen LogP contribution in [0.3, 0.4) is 0 Å². The molecule has 246 valence electrons. The third-order valence-electron chi connectivity index (χ3n) is 12.8. The lowest BCUT2D eigenvalue weighted by molar-refractivity contribution is -0.203. The fourth-order valence-electron chi connectivity index (χ4n) is 10.7. The zero-order valence-electron chi connectivity index (χ0n) is 26.9. The van der Waals surface area contributed by atoms with Gasteiger partial charge in [-0.3, -0.25) is 0 Å². The van der Waals surface area contributed by atoms with Crippen molar-refractivity contribution in [1.82, 2.24) is 14.7 Å². The predicted molar refractivity (Wildman–Crippen MR) is 170 cm³/mol. The molecule has 1 aromatic heterocycles. The Hall–Kier alpha value is -2.56. The van der Waals surface area contributed by atoms with Crippen LogP contribution in [0.5, 0.6) is 0 Å². The first-order valence-electron chi connectivity index (χ1n) is 16.8.